The van der Waals surface area contributed by atoms with Crippen LogP contribution in [0.4, 0.5) is 5.13 Å². The van der Waals surface area contributed by atoms with Crippen molar-refractivity contribution in [1.29, 1.82) is 0 Å². The molecule has 0 spiro atoms. The van der Waals surface area contributed by atoms with Crippen molar-refractivity contribution in [2.24, 2.45) is 0 Å². The van der Waals surface area contributed by atoms with E-state index in [0.717, 1.165) is 58.5 Å². The summed E-state index contributed by atoms with van der Waals surface area (Å²) in [6.45, 7) is 4.65. The van der Waals surface area contributed by atoms with Crippen LogP contribution < -0.4 is 10.2 Å². The zero-order chi connectivity index (χ0) is 17.2. The van der Waals surface area contributed by atoms with E-state index in [-0.39, 0.29) is 0 Å². The standard InChI is InChI=1S/C17H20ClN5OS/c1-2-15-21-16(24-22-15)10-19-12-5-7-23(8-6-12)17-20-13-4-3-11(18)9-14(13)25-17/h3-4,9,12,19H,2,5-8,10H2,1H3. The van der Waals surface area contributed by atoms with E-state index in [0.29, 0.717) is 18.5 Å². The Morgan fingerprint density at radius 2 is 2.16 bits per heavy atom. The van der Waals surface area contributed by atoms with Crippen molar-refractivity contribution in [2.75, 3.05) is 18.0 Å². The zero-order valence-corrected chi connectivity index (χ0v) is 15.6. The number of benzene rings is 1. The third-order valence-electron chi connectivity index (χ3n) is 4.47. The Balaban J connectivity index is 1.32. The van der Waals surface area contributed by atoms with E-state index in [1.807, 2.05) is 25.1 Å². The van der Waals surface area contributed by atoms with Crippen LogP contribution in [0.1, 0.15) is 31.5 Å². The number of fused-ring (bicyclic) bond motifs is 1. The molecule has 0 unspecified atom stereocenters. The molecule has 0 radical (unpaired) electrons. The number of aryl methyl sites for hydroxylation is 1. The fourth-order valence-corrected chi connectivity index (χ4v) is 4.33. The smallest absolute Gasteiger partial charge is 0.240 e. The highest BCUT2D eigenvalue weighted by molar-refractivity contribution is 7.22. The molecule has 132 valence electrons. The summed E-state index contributed by atoms with van der Waals surface area (Å²) in [5, 5.41) is 9.30. The van der Waals surface area contributed by atoms with Crippen LogP contribution in [0.25, 0.3) is 10.2 Å². The summed E-state index contributed by atoms with van der Waals surface area (Å²) in [6, 6.07) is 6.34. The lowest BCUT2D eigenvalue weighted by molar-refractivity contribution is 0.339. The largest absolute Gasteiger partial charge is 0.348 e. The Labute approximate surface area is 155 Å². The molecule has 3 aromatic rings. The zero-order valence-electron chi connectivity index (χ0n) is 14.0. The molecule has 3 heterocycles. The van der Waals surface area contributed by atoms with E-state index in [2.05, 4.69) is 20.4 Å². The lowest BCUT2D eigenvalue weighted by atomic mass is 10.1. The van der Waals surface area contributed by atoms with Crippen LogP contribution in [0.5, 0.6) is 0 Å². The average Bonchev–Trinajstić information content (AvgIpc) is 3.26. The van der Waals surface area contributed by atoms with E-state index < -0.39 is 0 Å². The molecule has 4 rings (SSSR count). The van der Waals surface area contributed by atoms with Gasteiger partial charge in [-0.25, -0.2) is 4.98 Å². The van der Waals surface area contributed by atoms with Crippen LogP contribution in [0, 0.1) is 0 Å². The maximum absolute atomic E-state index is 6.07. The van der Waals surface area contributed by atoms with Gasteiger partial charge >= 0.3 is 0 Å². The van der Waals surface area contributed by atoms with Crippen LogP contribution in [0.2, 0.25) is 5.02 Å². The van der Waals surface area contributed by atoms with Gasteiger partial charge in [0, 0.05) is 30.6 Å². The van der Waals surface area contributed by atoms with E-state index >= 15 is 0 Å². The molecule has 8 heteroatoms. The van der Waals surface area contributed by atoms with Crippen molar-refractivity contribution in [2.45, 2.75) is 38.8 Å². The van der Waals surface area contributed by atoms with Gasteiger partial charge in [-0.3, -0.25) is 0 Å². The molecule has 1 aliphatic heterocycles. The first-order valence-electron chi connectivity index (χ1n) is 8.57. The van der Waals surface area contributed by atoms with Crippen molar-refractivity contribution in [3.8, 4) is 0 Å². The van der Waals surface area contributed by atoms with E-state index in [1.165, 1.54) is 0 Å². The molecule has 0 saturated carbocycles. The number of piperidine rings is 1. The molecule has 1 aromatic carbocycles. The third kappa shape index (κ3) is 3.78. The Kier molecular flexibility index (Phi) is 4.87. The number of nitrogens with zero attached hydrogens (tertiary/aromatic N) is 4. The number of anilines is 1. The molecule has 25 heavy (non-hydrogen) atoms. The Bertz CT molecular complexity index is 856. The highest BCUT2D eigenvalue weighted by Crippen LogP contribution is 2.32. The van der Waals surface area contributed by atoms with E-state index in [1.54, 1.807) is 11.3 Å². The van der Waals surface area contributed by atoms with Crippen LogP contribution in [0.15, 0.2) is 22.7 Å². The predicted octanol–water partition coefficient (Wildman–Crippen LogP) is 3.65. The lowest BCUT2D eigenvalue weighted by Crippen LogP contribution is -2.42. The third-order valence-corrected chi connectivity index (χ3v) is 5.79. The highest BCUT2D eigenvalue weighted by Gasteiger charge is 2.22. The van der Waals surface area contributed by atoms with Crippen molar-refractivity contribution < 1.29 is 4.52 Å². The summed E-state index contributed by atoms with van der Waals surface area (Å²) in [7, 11) is 0. The van der Waals surface area contributed by atoms with Crippen molar-refractivity contribution in [3.63, 3.8) is 0 Å². The first-order chi connectivity index (χ1) is 12.2. The SMILES string of the molecule is CCc1noc(CNC2CCN(c3nc4ccc(Cl)cc4s3)CC2)n1. The minimum absolute atomic E-state index is 0.469. The number of thiazole rings is 1. The van der Waals surface area contributed by atoms with Crippen molar-refractivity contribution in [1.82, 2.24) is 20.4 Å². The molecular weight excluding hydrogens is 358 g/mol. The first kappa shape index (κ1) is 16.8. The van der Waals surface area contributed by atoms with E-state index in [4.69, 9.17) is 21.1 Å². The maximum atomic E-state index is 6.07. The Morgan fingerprint density at radius 3 is 2.92 bits per heavy atom. The van der Waals surface area contributed by atoms with E-state index in [9.17, 15) is 0 Å². The van der Waals surface area contributed by atoms with Crippen molar-refractivity contribution in [3.05, 3.63) is 34.9 Å². The van der Waals surface area contributed by atoms with Gasteiger partial charge in [0.05, 0.1) is 16.8 Å². The molecule has 1 saturated heterocycles. The van der Waals surface area contributed by atoms with Crippen LogP contribution in [-0.2, 0) is 13.0 Å². The first-order valence-corrected chi connectivity index (χ1v) is 9.76. The molecule has 6 nitrogen and oxygen atoms in total. The van der Waals surface area contributed by atoms with Gasteiger partial charge in [0.25, 0.3) is 0 Å². The predicted molar refractivity (Wildman–Crippen MR) is 100 cm³/mol. The number of nitrogens with one attached hydrogen (secondary N) is 1. The van der Waals surface area contributed by atoms with Crippen molar-refractivity contribution >= 4 is 38.3 Å². The van der Waals surface area contributed by atoms with Crippen LogP contribution in [0.3, 0.4) is 0 Å². The Morgan fingerprint density at radius 1 is 1.32 bits per heavy atom. The van der Waals surface area contributed by atoms with Gasteiger partial charge in [0.2, 0.25) is 5.89 Å². The molecule has 0 amide bonds. The normalized spacial score (nSPS) is 16.0. The minimum atomic E-state index is 0.469. The molecule has 0 aliphatic carbocycles. The van der Waals surface area contributed by atoms with Gasteiger partial charge in [0.15, 0.2) is 11.0 Å². The van der Waals surface area contributed by atoms with Gasteiger partial charge in [-0.1, -0.05) is 35.0 Å². The molecular formula is C17H20ClN5OS. The molecule has 1 fully saturated rings. The molecule has 1 N–H and O–H groups in total. The number of hydrogen-bond donors (Lipinski definition) is 1. The topological polar surface area (TPSA) is 67.1 Å². The van der Waals surface area contributed by atoms with Gasteiger partial charge < -0.3 is 14.7 Å². The second-order valence-electron chi connectivity index (χ2n) is 6.21. The molecule has 0 bridgehead atoms. The summed E-state index contributed by atoms with van der Waals surface area (Å²) in [4.78, 5) is 11.4. The average molecular weight is 378 g/mol. The second-order valence-corrected chi connectivity index (χ2v) is 7.65. The monoisotopic (exact) mass is 377 g/mol. The molecule has 0 atom stereocenters. The fourth-order valence-electron chi connectivity index (χ4n) is 3.03. The number of rotatable bonds is 5. The summed E-state index contributed by atoms with van der Waals surface area (Å²) in [6.07, 6.45) is 2.95. The highest BCUT2D eigenvalue weighted by atomic mass is 35.5. The quantitative estimate of drug-likeness (QED) is 0.732. The van der Waals surface area contributed by atoms with Gasteiger partial charge in [0.1, 0.15) is 0 Å². The summed E-state index contributed by atoms with van der Waals surface area (Å²) in [5.74, 6) is 1.44. The van der Waals surface area contributed by atoms with Crippen LogP contribution in [-0.4, -0.2) is 34.3 Å². The molecule has 1 aliphatic rings. The van der Waals surface area contributed by atoms with Crippen LogP contribution >= 0.6 is 22.9 Å². The number of hydrogen-bond acceptors (Lipinski definition) is 7. The van der Waals surface area contributed by atoms with Gasteiger partial charge in [-0.15, -0.1) is 0 Å². The summed E-state index contributed by atoms with van der Waals surface area (Å²) in [5.41, 5.74) is 1.02. The summed E-state index contributed by atoms with van der Waals surface area (Å²) < 4.78 is 6.37. The van der Waals surface area contributed by atoms with Gasteiger partial charge in [-0.2, -0.15) is 4.98 Å². The molecule has 2 aromatic heterocycles. The maximum Gasteiger partial charge on any atom is 0.240 e. The number of aromatic nitrogens is 3. The van der Waals surface area contributed by atoms with Gasteiger partial charge in [-0.05, 0) is 31.0 Å². The minimum Gasteiger partial charge on any atom is -0.348 e. The lowest BCUT2D eigenvalue weighted by Gasteiger charge is -2.32. The fraction of sp³-hybridized carbons (Fsp3) is 0.471. The second kappa shape index (κ2) is 7.27. The Hall–Kier alpha value is -1.70. The number of halogens is 1. The summed E-state index contributed by atoms with van der Waals surface area (Å²) >= 11 is 7.78.